The average Bonchev–Trinajstić information content (AvgIpc) is 2.72. The van der Waals surface area contributed by atoms with Gasteiger partial charge in [0.1, 0.15) is 0 Å². The van der Waals surface area contributed by atoms with E-state index in [0.717, 1.165) is 4.31 Å². The number of para-hydroxylation sites is 1. The Morgan fingerprint density at radius 1 is 1.15 bits per heavy atom. The van der Waals surface area contributed by atoms with E-state index in [1.54, 1.807) is 38.1 Å². The number of amides is 2. The van der Waals surface area contributed by atoms with Crippen molar-refractivity contribution in [3.63, 3.8) is 0 Å². The lowest BCUT2D eigenvalue weighted by atomic mass is 9.95. The normalized spacial score (nSPS) is 18.0. The van der Waals surface area contributed by atoms with Crippen LogP contribution >= 0.6 is 11.6 Å². The lowest BCUT2D eigenvalue weighted by Gasteiger charge is -2.18. The Bertz CT molecular complexity index is 988. The molecule has 1 saturated heterocycles. The number of hydrogen-bond donors (Lipinski definition) is 1. The van der Waals surface area contributed by atoms with E-state index in [9.17, 15) is 18.0 Å². The largest absolute Gasteiger partial charge is 0.322 e. The number of carbonyl (C=O) groups is 2. The predicted molar refractivity (Wildman–Crippen MR) is 101 cm³/mol. The van der Waals surface area contributed by atoms with E-state index in [-0.39, 0.29) is 22.0 Å². The monoisotopic (exact) mass is 392 g/mol. The van der Waals surface area contributed by atoms with Crippen molar-refractivity contribution < 1.29 is 18.0 Å². The maximum Gasteiger partial charge on any atom is 0.257 e. The maximum absolute atomic E-state index is 12.5. The lowest BCUT2D eigenvalue weighted by molar-refractivity contribution is -0.123. The van der Waals surface area contributed by atoms with Crippen LogP contribution in [-0.2, 0) is 14.8 Å². The molecule has 0 aromatic heterocycles. The van der Waals surface area contributed by atoms with Crippen molar-refractivity contribution in [3.05, 3.63) is 59.1 Å². The first-order valence-electron chi connectivity index (χ1n) is 7.85. The summed E-state index contributed by atoms with van der Waals surface area (Å²) in [5, 5.41) is 2.85. The standard InChI is InChI=1S/C18H17ClN2O4S/c1-18(2)11-26(24,25)21(17(18)23)13-8-9-15(19)14(10-13)16(22)20-12-6-4-3-5-7-12/h3-10H,11H2,1-2H3,(H,20,22). The van der Waals surface area contributed by atoms with Crippen LogP contribution in [0.1, 0.15) is 24.2 Å². The highest BCUT2D eigenvalue weighted by Crippen LogP contribution is 2.37. The van der Waals surface area contributed by atoms with Crippen LogP contribution in [0.2, 0.25) is 5.02 Å². The van der Waals surface area contributed by atoms with Crippen molar-refractivity contribution in [1.82, 2.24) is 0 Å². The third-order valence-corrected chi connectivity index (χ3v) is 6.39. The van der Waals surface area contributed by atoms with Crippen molar-refractivity contribution in [2.45, 2.75) is 13.8 Å². The number of nitrogens with zero attached hydrogens (tertiary/aromatic N) is 1. The zero-order chi connectivity index (χ0) is 19.1. The Hall–Kier alpha value is -2.38. The van der Waals surface area contributed by atoms with Gasteiger partial charge in [-0.3, -0.25) is 9.59 Å². The van der Waals surface area contributed by atoms with Gasteiger partial charge in [-0.15, -0.1) is 0 Å². The summed E-state index contributed by atoms with van der Waals surface area (Å²) in [6.45, 7) is 3.15. The van der Waals surface area contributed by atoms with E-state index in [1.807, 2.05) is 6.07 Å². The summed E-state index contributed by atoms with van der Waals surface area (Å²) in [5.41, 5.74) is -0.265. The fraction of sp³-hybridized carbons (Fsp3) is 0.222. The zero-order valence-corrected chi connectivity index (χ0v) is 15.8. The second-order valence-electron chi connectivity index (χ2n) is 6.69. The molecule has 0 saturated carbocycles. The van der Waals surface area contributed by atoms with Gasteiger partial charge >= 0.3 is 0 Å². The molecule has 0 bridgehead atoms. The van der Waals surface area contributed by atoms with Gasteiger partial charge in [-0.1, -0.05) is 29.8 Å². The smallest absolute Gasteiger partial charge is 0.257 e. The number of benzene rings is 2. The van der Waals surface area contributed by atoms with E-state index in [2.05, 4.69) is 5.32 Å². The molecule has 2 amide bonds. The molecule has 6 nitrogen and oxygen atoms in total. The number of hydrogen-bond acceptors (Lipinski definition) is 4. The lowest BCUT2D eigenvalue weighted by Crippen LogP contribution is -2.33. The predicted octanol–water partition coefficient (Wildman–Crippen LogP) is 3.29. The molecule has 3 rings (SSSR count). The summed E-state index contributed by atoms with van der Waals surface area (Å²) >= 11 is 6.11. The van der Waals surface area contributed by atoms with E-state index in [4.69, 9.17) is 11.6 Å². The summed E-state index contributed by atoms with van der Waals surface area (Å²) in [6, 6.07) is 12.9. The number of rotatable bonds is 3. The second kappa shape index (κ2) is 6.41. The third kappa shape index (κ3) is 3.32. The molecule has 8 heteroatoms. The molecule has 1 aliphatic rings. The van der Waals surface area contributed by atoms with Gasteiger partial charge in [-0.25, -0.2) is 12.7 Å². The Kier molecular flexibility index (Phi) is 4.54. The number of halogens is 1. The first kappa shape index (κ1) is 18.4. The van der Waals surface area contributed by atoms with Crippen molar-refractivity contribution in [1.29, 1.82) is 0 Å². The van der Waals surface area contributed by atoms with E-state index in [0.29, 0.717) is 5.69 Å². The molecule has 0 unspecified atom stereocenters. The van der Waals surface area contributed by atoms with Crippen LogP contribution in [-0.4, -0.2) is 26.0 Å². The molecule has 0 aliphatic carbocycles. The topological polar surface area (TPSA) is 83.6 Å². The van der Waals surface area contributed by atoms with Crippen LogP contribution in [0.3, 0.4) is 0 Å². The van der Waals surface area contributed by atoms with Gasteiger partial charge in [-0.2, -0.15) is 0 Å². The van der Waals surface area contributed by atoms with Gasteiger partial charge in [0.05, 0.1) is 27.4 Å². The van der Waals surface area contributed by atoms with Crippen LogP contribution in [0.5, 0.6) is 0 Å². The SMILES string of the molecule is CC1(C)CS(=O)(=O)N(c2ccc(Cl)c(C(=O)Nc3ccccc3)c2)C1=O. The molecule has 0 atom stereocenters. The van der Waals surface area contributed by atoms with E-state index in [1.165, 1.54) is 18.2 Å². The minimum atomic E-state index is -3.80. The zero-order valence-electron chi connectivity index (χ0n) is 14.2. The Labute approximate surface area is 156 Å². The molecular weight excluding hydrogens is 376 g/mol. The highest BCUT2D eigenvalue weighted by Gasteiger charge is 2.50. The minimum Gasteiger partial charge on any atom is -0.322 e. The highest BCUT2D eigenvalue weighted by molar-refractivity contribution is 7.94. The van der Waals surface area contributed by atoms with Crippen LogP contribution in [0.25, 0.3) is 0 Å². The Balaban J connectivity index is 1.98. The fourth-order valence-corrected chi connectivity index (χ4v) is 5.10. The average molecular weight is 393 g/mol. The van der Waals surface area contributed by atoms with Crippen LogP contribution in [0, 0.1) is 5.41 Å². The van der Waals surface area contributed by atoms with Gasteiger partial charge in [0, 0.05) is 5.69 Å². The molecular formula is C18H17ClN2O4S. The second-order valence-corrected chi connectivity index (χ2v) is 8.92. The third-order valence-electron chi connectivity index (χ3n) is 4.05. The first-order valence-corrected chi connectivity index (χ1v) is 9.84. The summed E-state index contributed by atoms with van der Waals surface area (Å²) < 4.78 is 25.6. The fourth-order valence-electron chi connectivity index (χ4n) is 2.79. The van der Waals surface area contributed by atoms with Crippen molar-refractivity contribution in [3.8, 4) is 0 Å². The number of anilines is 2. The van der Waals surface area contributed by atoms with Gasteiger partial charge in [-0.05, 0) is 44.2 Å². The molecule has 136 valence electrons. The molecule has 0 spiro atoms. The Morgan fingerprint density at radius 2 is 1.81 bits per heavy atom. The molecule has 1 heterocycles. The molecule has 1 aliphatic heterocycles. The molecule has 2 aromatic carbocycles. The number of nitrogens with one attached hydrogen (secondary N) is 1. The first-order chi connectivity index (χ1) is 12.1. The van der Waals surface area contributed by atoms with Crippen molar-refractivity contribution in [2.24, 2.45) is 5.41 Å². The van der Waals surface area contributed by atoms with Crippen molar-refractivity contribution >= 4 is 44.8 Å². The molecule has 0 radical (unpaired) electrons. The van der Waals surface area contributed by atoms with Crippen molar-refractivity contribution in [2.75, 3.05) is 15.4 Å². The molecule has 26 heavy (non-hydrogen) atoms. The van der Waals surface area contributed by atoms with E-state index >= 15 is 0 Å². The molecule has 2 aromatic rings. The minimum absolute atomic E-state index is 0.0840. The number of sulfonamides is 1. The maximum atomic E-state index is 12.5. The van der Waals surface area contributed by atoms with Gasteiger partial charge < -0.3 is 5.32 Å². The van der Waals surface area contributed by atoms with Gasteiger partial charge in [0.2, 0.25) is 15.9 Å². The van der Waals surface area contributed by atoms with Gasteiger partial charge in [0.25, 0.3) is 5.91 Å². The quantitative estimate of drug-likeness (QED) is 0.868. The van der Waals surface area contributed by atoms with Gasteiger partial charge in [0.15, 0.2) is 0 Å². The highest BCUT2D eigenvalue weighted by atomic mass is 35.5. The summed E-state index contributed by atoms with van der Waals surface area (Å²) in [4.78, 5) is 25.0. The van der Waals surface area contributed by atoms with Crippen LogP contribution < -0.4 is 9.62 Å². The van der Waals surface area contributed by atoms with Crippen LogP contribution in [0.15, 0.2) is 48.5 Å². The Morgan fingerprint density at radius 3 is 2.38 bits per heavy atom. The molecule has 1 fully saturated rings. The summed E-state index contributed by atoms with van der Waals surface area (Å²) in [5.74, 6) is -1.31. The summed E-state index contributed by atoms with van der Waals surface area (Å²) in [7, 11) is -3.80. The number of carbonyl (C=O) groups excluding carboxylic acids is 2. The van der Waals surface area contributed by atoms with E-state index < -0.39 is 27.3 Å². The summed E-state index contributed by atoms with van der Waals surface area (Å²) in [6.07, 6.45) is 0. The molecule has 1 N–H and O–H groups in total. The van der Waals surface area contributed by atoms with Crippen LogP contribution in [0.4, 0.5) is 11.4 Å².